The monoisotopic (exact) mass is 101 g/mol. The summed E-state index contributed by atoms with van der Waals surface area (Å²) in [5.74, 6) is -0.995. The Morgan fingerprint density at radius 3 is 2.00 bits per heavy atom. The van der Waals surface area contributed by atoms with Gasteiger partial charge in [-0.25, -0.2) is 0 Å². The first-order chi connectivity index (χ1) is 2.27. The molecule has 0 bridgehead atoms. The van der Waals surface area contributed by atoms with Gasteiger partial charge in [0.25, 0.3) is 0 Å². The van der Waals surface area contributed by atoms with Crippen LogP contribution in [0.5, 0.6) is 0 Å². The summed E-state index contributed by atoms with van der Waals surface area (Å²) >= 11 is 0. The first-order valence-electron chi connectivity index (χ1n) is 1.47. The van der Waals surface area contributed by atoms with Crippen LogP contribution in [0.2, 0.25) is 0 Å². The van der Waals surface area contributed by atoms with E-state index in [1.54, 1.807) is 0 Å². The van der Waals surface area contributed by atoms with Gasteiger partial charge in [0.1, 0.15) is 0 Å². The molecule has 0 amide bonds. The van der Waals surface area contributed by atoms with E-state index >= 15 is 0 Å². The molecule has 6 heavy (non-hydrogen) atoms. The number of hydrogen-bond acceptors (Lipinski definition) is 2. The summed E-state index contributed by atoms with van der Waals surface area (Å²) in [6.45, 7) is 1.54. The average Bonchev–Trinajstić information content (AvgIpc) is 1.38. The molecular formula is C3H5NaO2. The standard InChI is InChI=1S/C3H6O2.Na/c1-2-3(4)5;/h2H2,1H3,(H,4,5);/q;+1/p-1/i3+1,4+2,5+2;. The van der Waals surface area contributed by atoms with Gasteiger partial charge in [-0.05, 0) is 6.42 Å². The summed E-state index contributed by atoms with van der Waals surface area (Å²) in [6.07, 6.45) is 0.111. The maximum Gasteiger partial charge on any atom is 1.00 e. The zero-order valence-electron chi connectivity index (χ0n) is 4.02. The Kier molecular flexibility index (Phi) is 8.83. The van der Waals surface area contributed by atoms with E-state index in [0.29, 0.717) is 0 Å². The molecule has 0 heterocycles. The number of hydrogen-bond donors (Lipinski definition) is 0. The number of carboxylic acid groups (broad SMARTS) is 1. The molecule has 0 saturated carbocycles. The Morgan fingerprint density at radius 2 is 2.00 bits per heavy atom. The van der Waals surface area contributed by atoms with Crippen molar-refractivity contribution in [1.82, 2.24) is 0 Å². The molecule has 0 aromatic heterocycles. The van der Waals surface area contributed by atoms with E-state index in [9.17, 15) is 9.90 Å². The molecule has 2 nitrogen and oxygen atoms in total. The summed E-state index contributed by atoms with van der Waals surface area (Å²) in [7, 11) is 0. The van der Waals surface area contributed by atoms with Gasteiger partial charge in [0.2, 0.25) is 0 Å². The normalized spacial score (nSPS) is 6.17. The summed E-state index contributed by atoms with van der Waals surface area (Å²) in [4.78, 5) is 9.26. The third-order valence-corrected chi connectivity index (χ3v) is 0.289. The molecule has 30 valence electrons. The van der Waals surface area contributed by atoms with E-state index in [1.165, 1.54) is 6.92 Å². The summed E-state index contributed by atoms with van der Waals surface area (Å²) in [6, 6.07) is 0. The minimum absolute atomic E-state index is 0. The molecule has 0 atom stereocenters. The first kappa shape index (κ1) is 9.69. The summed E-state index contributed by atoms with van der Waals surface area (Å²) < 4.78 is 0. The van der Waals surface area contributed by atoms with Gasteiger partial charge in [-0.15, -0.1) is 0 Å². The van der Waals surface area contributed by atoms with Crippen LogP contribution in [0, 0.1) is 0 Å². The summed E-state index contributed by atoms with van der Waals surface area (Å²) in [5, 5.41) is 9.26. The fraction of sp³-hybridized carbons (Fsp3) is 0.667. The van der Waals surface area contributed by atoms with Crippen molar-refractivity contribution in [2.45, 2.75) is 13.3 Å². The summed E-state index contributed by atoms with van der Waals surface area (Å²) in [5.41, 5.74) is 0. The molecular weight excluding hydrogens is 96.0 g/mol. The van der Waals surface area contributed by atoms with Crippen LogP contribution in [0.15, 0.2) is 0 Å². The molecule has 0 aromatic rings. The zero-order valence-corrected chi connectivity index (χ0v) is 6.02. The van der Waals surface area contributed by atoms with Crippen LogP contribution in [0.3, 0.4) is 0 Å². The number of carbonyl (C=O) groups excluding carboxylic acids is 1. The van der Waals surface area contributed by atoms with Crippen molar-refractivity contribution in [3.63, 3.8) is 0 Å². The van der Waals surface area contributed by atoms with Crippen LogP contribution in [0.4, 0.5) is 0 Å². The van der Waals surface area contributed by atoms with Crippen LogP contribution in [-0.2, 0) is 4.79 Å². The van der Waals surface area contributed by atoms with E-state index in [0.717, 1.165) is 0 Å². The molecule has 0 rings (SSSR count). The van der Waals surface area contributed by atoms with E-state index < -0.39 is 5.97 Å². The smallest absolute Gasteiger partial charge is 0.550 e. The van der Waals surface area contributed by atoms with Gasteiger partial charge >= 0.3 is 29.6 Å². The van der Waals surface area contributed by atoms with Gasteiger partial charge in [-0.3, -0.25) is 0 Å². The first-order valence-corrected chi connectivity index (χ1v) is 1.47. The third kappa shape index (κ3) is 8.82. The Morgan fingerprint density at radius 1 is 1.83 bits per heavy atom. The molecule has 0 aromatic carbocycles. The predicted octanol–water partition coefficient (Wildman–Crippen LogP) is -3.85. The van der Waals surface area contributed by atoms with Crippen molar-refractivity contribution < 1.29 is 39.5 Å². The van der Waals surface area contributed by atoms with Gasteiger partial charge < -0.3 is 9.90 Å². The van der Waals surface area contributed by atoms with Gasteiger partial charge in [0.15, 0.2) is 0 Å². The molecule has 0 N–H and O–H groups in total. The molecule has 0 aliphatic rings. The fourth-order valence-electron chi connectivity index (χ4n) is 0. The van der Waals surface area contributed by atoms with Gasteiger partial charge in [0.05, 0.1) is 0 Å². The van der Waals surface area contributed by atoms with Crippen LogP contribution < -0.4 is 34.7 Å². The van der Waals surface area contributed by atoms with Crippen LogP contribution in [0.25, 0.3) is 0 Å². The topological polar surface area (TPSA) is 40.1 Å². The maximum absolute atomic E-state index is 9.26. The van der Waals surface area contributed by atoms with Gasteiger partial charge in [-0.2, -0.15) is 0 Å². The largest absolute Gasteiger partial charge is 1.00 e. The van der Waals surface area contributed by atoms with Crippen molar-refractivity contribution in [3.05, 3.63) is 0 Å². The van der Waals surface area contributed by atoms with Crippen LogP contribution >= 0.6 is 0 Å². The zero-order chi connectivity index (χ0) is 4.28. The predicted molar refractivity (Wildman–Crippen MR) is 15.3 cm³/mol. The molecule has 0 fully saturated rings. The van der Waals surface area contributed by atoms with Crippen molar-refractivity contribution in [3.8, 4) is 0 Å². The molecule has 0 aliphatic carbocycles. The van der Waals surface area contributed by atoms with Crippen molar-refractivity contribution in [2.75, 3.05) is 0 Å². The number of aliphatic carboxylic acids is 1. The van der Waals surface area contributed by atoms with Crippen LogP contribution in [-0.4, -0.2) is 5.97 Å². The van der Waals surface area contributed by atoms with E-state index in [2.05, 4.69) is 0 Å². The number of carbonyl (C=O) groups is 1. The second kappa shape index (κ2) is 5.47. The molecule has 3 heteroatoms. The number of rotatable bonds is 1. The van der Waals surface area contributed by atoms with Crippen LogP contribution in [0.1, 0.15) is 13.3 Å². The minimum atomic E-state index is -0.995. The molecule has 0 saturated heterocycles. The second-order valence-corrected chi connectivity index (χ2v) is 0.726. The van der Waals surface area contributed by atoms with E-state index in [-0.39, 0.29) is 36.0 Å². The molecule has 0 radical (unpaired) electrons. The maximum atomic E-state index is 9.26. The Balaban J connectivity index is 0. The molecule has 0 aliphatic heterocycles. The van der Waals surface area contributed by atoms with E-state index in [1.807, 2.05) is 0 Å². The Bertz CT molecular complexity index is 44.1. The second-order valence-electron chi connectivity index (χ2n) is 0.726. The van der Waals surface area contributed by atoms with Gasteiger partial charge in [-0.1, -0.05) is 6.92 Å². The molecule has 0 spiro atoms. The number of carboxylic acids is 1. The van der Waals surface area contributed by atoms with Gasteiger partial charge in [0, 0.05) is 5.97 Å². The Labute approximate surface area is 58.8 Å². The van der Waals surface area contributed by atoms with Crippen molar-refractivity contribution >= 4 is 5.97 Å². The average molecular weight is 101 g/mol. The quantitative estimate of drug-likeness (QED) is 0.193. The minimum Gasteiger partial charge on any atom is -0.550 e. The Hall–Kier alpha value is 0.470. The SMILES string of the molecule is CC[13C](=[18O])[18O-].[Na+]. The van der Waals surface area contributed by atoms with Crippen molar-refractivity contribution in [1.29, 1.82) is 0 Å². The van der Waals surface area contributed by atoms with E-state index in [4.69, 9.17) is 0 Å². The van der Waals surface area contributed by atoms with Crippen molar-refractivity contribution in [2.24, 2.45) is 0 Å². The third-order valence-electron chi connectivity index (χ3n) is 0.289. The molecule has 0 unspecified atom stereocenters. The fourth-order valence-corrected chi connectivity index (χ4v) is 0.